The summed E-state index contributed by atoms with van der Waals surface area (Å²) in [5.41, 5.74) is 8.24. The van der Waals surface area contributed by atoms with E-state index in [0.29, 0.717) is 13.0 Å². The van der Waals surface area contributed by atoms with Gasteiger partial charge in [0.05, 0.1) is 0 Å². The fraction of sp³-hybridized carbons (Fsp3) is 0.200. The third kappa shape index (κ3) is 3.39. The predicted molar refractivity (Wildman–Crippen MR) is 74.2 cm³/mol. The van der Waals surface area contributed by atoms with Gasteiger partial charge in [-0.2, -0.15) is 0 Å². The smallest absolute Gasteiger partial charge is 0.242 e. The van der Waals surface area contributed by atoms with E-state index in [9.17, 15) is 10.1 Å². The van der Waals surface area contributed by atoms with Crippen molar-refractivity contribution in [3.8, 4) is 0 Å². The van der Waals surface area contributed by atoms with Crippen molar-refractivity contribution < 1.29 is 4.92 Å². The zero-order chi connectivity index (χ0) is 13.7. The Balaban J connectivity index is 2.19. The fourth-order valence-corrected chi connectivity index (χ4v) is 2.02. The van der Waals surface area contributed by atoms with Crippen molar-refractivity contribution in [2.75, 3.05) is 0 Å². The largest absolute Gasteiger partial charge is 0.326 e. The van der Waals surface area contributed by atoms with E-state index >= 15 is 0 Å². The van der Waals surface area contributed by atoms with Gasteiger partial charge in [0.2, 0.25) is 6.04 Å². The number of benzene rings is 2. The van der Waals surface area contributed by atoms with Crippen LogP contribution in [-0.4, -0.2) is 4.92 Å². The summed E-state index contributed by atoms with van der Waals surface area (Å²) in [6.07, 6.45) is 0.391. The first kappa shape index (κ1) is 13.2. The maximum absolute atomic E-state index is 11.2. The van der Waals surface area contributed by atoms with Gasteiger partial charge in [0.1, 0.15) is 0 Å². The molecule has 0 amide bonds. The number of hydrogen-bond donors (Lipinski definition) is 1. The molecule has 0 saturated heterocycles. The monoisotopic (exact) mass is 256 g/mol. The maximum atomic E-state index is 11.2. The van der Waals surface area contributed by atoms with E-state index in [1.807, 2.05) is 42.5 Å². The van der Waals surface area contributed by atoms with Gasteiger partial charge in [0, 0.05) is 23.5 Å². The number of nitro groups is 1. The van der Waals surface area contributed by atoms with E-state index in [4.69, 9.17) is 5.73 Å². The Morgan fingerprint density at radius 1 is 1.00 bits per heavy atom. The molecule has 2 rings (SSSR count). The molecule has 4 nitrogen and oxygen atoms in total. The second kappa shape index (κ2) is 6.11. The Bertz CT molecular complexity index is 538. The molecule has 0 aliphatic heterocycles. The van der Waals surface area contributed by atoms with Crippen molar-refractivity contribution in [3.05, 3.63) is 81.4 Å². The van der Waals surface area contributed by atoms with Gasteiger partial charge in [0.15, 0.2) is 0 Å². The van der Waals surface area contributed by atoms with E-state index in [-0.39, 0.29) is 4.92 Å². The lowest BCUT2D eigenvalue weighted by Gasteiger charge is -2.10. The molecule has 1 unspecified atom stereocenters. The first-order chi connectivity index (χ1) is 9.20. The van der Waals surface area contributed by atoms with Crippen molar-refractivity contribution >= 4 is 0 Å². The Morgan fingerprint density at radius 2 is 1.58 bits per heavy atom. The molecule has 0 saturated carbocycles. The van der Waals surface area contributed by atoms with Crippen LogP contribution in [0.4, 0.5) is 0 Å². The molecular formula is C15H16N2O2. The Labute approximate surface area is 112 Å². The van der Waals surface area contributed by atoms with Crippen LogP contribution in [0.2, 0.25) is 0 Å². The molecule has 2 aromatic carbocycles. The molecule has 0 heterocycles. The van der Waals surface area contributed by atoms with Gasteiger partial charge in [-0.15, -0.1) is 0 Å². The van der Waals surface area contributed by atoms with Gasteiger partial charge in [-0.25, -0.2) is 0 Å². The third-order valence-corrected chi connectivity index (χ3v) is 3.13. The van der Waals surface area contributed by atoms with Crippen molar-refractivity contribution in [3.63, 3.8) is 0 Å². The van der Waals surface area contributed by atoms with Crippen LogP contribution in [0, 0.1) is 10.1 Å². The van der Waals surface area contributed by atoms with Crippen molar-refractivity contribution in [1.29, 1.82) is 0 Å². The Hall–Kier alpha value is -2.20. The molecule has 4 heteroatoms. The molecule has 0 aliphatic carbocycles. The SMILES string of the molecule is NCc1ccc(CC(c2ccccc2)[N+](=O)[O-])cc1. The Kier molecular flexibility index (Phi) is 4.26. The van der Waals surface area contributed by atoms with Gasteiger partial charge in [0.25, 0.3) is 0 Å². The molecule has 0 fully saturated rings. The highest BCUT2D eigenvalue weighted by Gasteiger charge is 2.22. The minimum atomic E-state index is -0.704. The van der Waals surface area contributed by atoms with Gasteiger partial charge >= 0.3 is 0 Å². The van der Waals surface area contributed by atoms with Crippen molar-refractivity contribution in [2.45, 2.75) is 19.0 Å². The number of hydrogen-bond acceptors (Lipinski definition) is 3. The van der Waals surface area contributed by atoms with Crippen LogP contribution >= 0.6 is 0 Å². The third-order valence-electron chi connectivity index (χ3n) is 3.13. The van der Waals surface area contributed by atoms with Crippen LogP contribution in [0.5, 0.6) is 0 Å². The van der Waals surface area contributed by atoms with E-state index in [0.717, 1.165) is 16.7 Å². The summed E-state index contributed by atoms with van der Waals surface area (Å²) >= 11 is 0. The topological polar surface area (TPSA) is 69.2 Å². The highest BCUT2D eigenvalue weighted by molar-refractivity contribution is 5.25. The lowest BCUT2D eigenvalue weighted by Crippen LogP contribution is -2.13. The molecule has 0 aliphatic rings. The van der Waals surface area contributed by atoms with Crippen LogP contribution in [0.1, 0.15) is 22.7 Å². The van der Waals surface area contributed by atoms with E-state index in [1.165, 1.54) is 0 Å². The summed E-state index contributed by atoms with van der Waals surface area (Å²) in [5.74, 6) is 0. The molecule has 2 aromatic rings. The van der Waals surface area contributed by atoms with Crippen LogP contribution in [0.3, 0.4) is 0 Å². The van der Waals surface area contributed by atoms with E-state index in [2.05, 4.69) is 0 Å². The summed E-state index contributed by atoms with van der Waals surface area (Å²) in [5, 5.41) is 11.2. The minimum absolute atomic E-state index is 0.230. The second-order valence-corrected chi connectivity index (χ2v) is 4.44. The molecule has 0 aromatic heterocycles. The fourth-order valence-electron chi connectivity index (χ4n) is 2.02. The Morgan fingerprint density at radius 3 is 2.11 bits per heavy atom. The van der Waals surface area contributed by atoms with Gasteiger partial charge in [-0.05, 0) is 11.1 Å². The quantitative estimate of drug-likeness (QED) is 0.660. The molecule has 98 valence electrons. The molecule has 0 bridgehead atoms. The summed E-state index contributed by atoms with van der Waals surface area (Å²) in [6.45, 7) is 0.484. The summed E-state index contributed by atoms with van der Waals surface area (Å²) in [6, 6.07) is 16.0. The lowest BCUT2D eigenvalue weighted by atomic mass is 9.99. The first-order valence-corrected chi connectivity index (χ1v) is 6.17. The zero-order valence-corrected chi connectivity index (χ0v) is 10.5. The van der Waals surface area contributed by atoms with Gasteiger partial charge < -0.3 is 5.73 Å². The number of rotatable bonds is 5. The summed E-state index contributed by atoms with van der Waals surface area (Å²) < 4.78 is 0. The van der Waals surface area contributed by atoms with Crippen LogP contribution in [0.25, 0.3) is 0 Å². The zero-order valence-electron chi connectivity index (χ0n) is 10.5. The van der Waals surface area contributed by atoms with Crippen LogP contribution in [-0.2, 0) is 13.0 Å². The molecule has 1 atom stereocenters. The van der Waals surface area contributed by atoms with Crippen LogP contribution in [0.15, 0.2) is 54.6 Å². The van der Waals surface area contributed by atoms with E-state index in [1.54, 1.807) is 12.1 Å². The molecule has 0 spiro atoms. The molecular weight excluding hydrogens is 240 g/mol. The first-order valence-electron chi connectivity index (χ1n) is 6.17. The standard InChI is InChI=1S/C15H16N2O2/c16-11-13-8-6-12(7-9-13)10-15(17(18)19)14-4-2-1-3-5-14/h1-9,15H,10-11,16H2. The predicted octanol–water partition coefficient (Wildman–Crippen LogP) is 2.71. The summed E-state index contributed by atoms with van der Waals surface area (Å²) in [7, 11) is 0. The second-order valence-electron chi connectivity index (χ2n) is 4.44. The average molecular weight is 256 g/mol. The highest BCUT2D eigenvalue weighted by Crippen LogP contribution is 2.21. The van der Waals surface area contributed by atoms with Crippen LogP contribution < -0.4 is 5.73 Å². The number of nitrogens with zero attached hydrogens (tertiary/aromatic N) is 1. The van der Waals surface area contributed by atoms with Crippen molar-refractivity contribution in [2.24, 2.45) is 5.73 Å². The minimum Gasteiger partial charge on any atom is -0.326 e. The van der Waals surface area contributed by atoms with Crippen molar-refractivity contribution in [1.82, 2.24) is 0 Å². The average Bonchev–Trinajstić information content (AvgIpc) is 2.46. The highest BCUT2D eigenvalue weighted by atomic mass is 16.6. The van der Waals surface area contributed by atoms with E-state index < -0.39 is 6.04 Å². The molecule has 19 heavy (non-hydrogen) atoms. The normalized spacial score (nSPS) is 12.1. The maximum Gasteiger partial charge on any atom is 0.242 e. The van der Waals surface area contributed by atoms with Gasteiger partial charge in [-0.3, -0.25) is 10.1 Å². The molecule has 2 N–H and O–H groups in total. The number of nitrogens with two attached hydrogens (primary N) is 1. The van der Waals surface area contributed by atoms with Gasteiger partial charge in [-0.1, -0.05) is 54.6 Å². The lowest BCUT2D eigenvalue weighted by molar-refractivity contribution is -0.528. The summed E-state index contributed by atoms with van der Waals surface area (Å²) in [4.78, 5) is 11.0. The molecule has 0 radical (unpaired) electrons.